The van der Waals surface area contributed by atoms with Crippen LogP contribution in [0.4, 0.5) is 4.79 Å². The van der Waals surface area contributed by atoms with Crippen molar-refractivity contribution in [1.29, 1.82) is 0 Å². The van der Waals surface area contributed by atoms with Gasteiger partial charge in [-0.2, -0.15) is 0 Å². The number of fused-ring (bicyclic) bond motifs is 3. The summed E-state index contributed by atoms with van der Waals surface area (Å²) in [6.07, 6.45) is 3.68. The second kappa shape index (κ2) is 8.81. The van der Waals surface area contributed by atoms with Gasteiger partial charge >= 0.3 is 6.09 Å². The molecule has 0 fully saturated rings. The predicted molar refractivity (Wildman–Crippen MR) is 127 cm³/mol. The summed E-state index contributed by atoms with van der Waals surface area (Å²) in [4.78, 5) is 12.3. The van der Waals surface area contributed by atoms with Crippen LogP contribution >= 0.6 is 0 Å². The van der Waals surface area contributed by atoms with Crippen molar-refractivity contribution in [3.05, 3.63) is 99.6 Å². The number of ether oxygens (including phenoxy) is 1. The van der Waals surface area contributed by atoms with Crippen molar-refractivity contribution < 1.29 is 9.53 Å². The number of alkyl carbamates (subject to hydrolysis) is 1. The lowest BCUT2D eigenvalue weighted by Gasteiger charge is -2.14. The number of hydrogen-bond donors (Lipinski definition) is 1. The molecule has 0 bridgehead atoms. The monoisotopic (exact) mass is 411 g/mol. The highest BCUT2D eigenvalue weighted by Crippen LogP contribution is 2.44. The minimum Gasteiger partial charge on any atom is -0.449 e. The van der Waals surface area contributed by atoms with Crippen LogP contribution in [0.3, 0.4) is 0 Å². The van der Waals surface area contributed by atoms with E-state index in [1.54, 1.807) is 0 Å². The van der Waals surface area contributed by atoms with Crippen LogP contribution in [0.5, 0.6) is 0 Å². The van der Waals surface area contributed by atoms with Gasteiger partial charge in [0.15, 0.2) is 0 Å². The standard InChI is InChI=1S/C28H29NO2/c1-18-16-19(2)21(4)22(20(18)3)14-9-15-29-28(30)31-17-27-25-12-7-5-10-23(25)24-11-6-8-13-26(24)27/h5-14,16,27H,15,17H2,1-4H3,(H,29,30). The lowest BCUT2D eigenvalue weighted by Crippen LogP contribution is -2.26. The van der Waals surface area contributed by atoms with Crippen molar-refractivity contribution in [2.45, 2.75) is 33.6 Å². The molecule has 158 valence electrons. The van der Waals surface area contributed by atoms with E-state index in [0.29, 0.717) is 13.2 Å². The van der Waals surface area contributed by atoms with Crippen LogP contribution in [-0.4, -0.2) is 19.2 Å². The van der Waals surface area contributed by atoms with E-state index >= 15 is 0 Å². The Labute approximate surface area is 184 Å². The quantitative estimate of drug-likeness (QED) is 0.522. The number of benzene rings is 3. The predicted octanol–water partition coefficient (Wildman–Crippen LogP) is 6.47. The van der Waals surface area contributed by atoms with E-state index in [1.807, 2.05) is 18.2 Å². The molecule has 1 aliphatic rings. The van der Waals surface area contributed by atoms with Gasteiger partial charge in [0.2, 0.25) is 0 Å². The number of carbonyl (C=O) groups excluding carboxylic acids is 1. The number of amides is 1. The van der Waals surface area contributed by atoms with Gasteiger partial charge in [-0.05, 0) is 77.8 Å². The Kier molecular flexibility index (Phi) is 5.94. The van der Waals surface area contributed by atoms with E-state index in [0.717, 1.165) is 0 Å². The first-order valence-electron chi connectivity index (χ1n) is 10.8. The molecule has 1 amide bonds. The van der Waals surface area contributed by atoms with E-state index in [4.69, 9.17) is 4.74 Å². The summed E-state index contributed by atoms with van der Waals surface area (Å²) in [7, 11) is 0. The maximum absolute atomic E-state index is 12.3. The second-order valence-electron chi connectivity index (χ2n) is 8.28. The summed E-state index contributed by atoms with van der Waals surface area (Å²) >= 11 is 0. The van der Waals surface area contributed by atoms with Crippen molar-refractivity contribution in [3.63, 3.8) is 0 Å². The van der Waals surface area contributed by atoms with Crippen LogP contribution in [0.15, 0.2) is 60.7 Å². The zero-order valence-electron chi connectivity index (χ0n) is 18.7. The number of aryl methyl sites for hydroxylation is 2. The van der Waals surface area contributed by atoms with E-state index in [2.05, 4.69) is 81.6 Å². The van der Waals surface area contributed by atoms with E-state index in [-0.39, 0.29) is 12.0 Å². The summed E-state index contributed by atoms with van der Waals surface area (Å²) in [5.41, 5.74) is 11.3. The maximum atomic E-state index is 12.3. The zero-order chi connectivity index (χ0) is 22.0. The molecule has 1 aliphatic carbocycles. The molecule has 3 aromatic carbocycles. The molecule has 3 heteroatoms. The van der Waals surface area contributed by atoms with Crippen LogP contribution in [0.1, 0.15) is 44.9 Å². The molecular formula is C28H29NO2. The Morgan fingerprint density at radius 2 is 1.45 bits per heavy atom. The molecule has 0 aliphatic heterocycles. The normalized spacial score (nSPS) is 12.6. The zero-order valence-corrected chi connectivity index (χ0v) is 18.7. The Morgan fingerprint density at radius 1 is 0.903 bits per heavy atom. The van der Waals surface area contributed by atoms with Crippen molar-refractivity contribution in [2.75, 3.05) is 13.2 Å². The number of hydrogen-bond acceptors (Lipinski definition) is 2. The molecule has 0 saturated heterocycles. The largest absolute Gasteiger partial charge is 0.449 e. The number of carbonyl (C=O) groups is 1. The van der Waals surface area contributed by atoms with Crippen molar-refractivity contribution in [3.8, 4) is 11.1 Å². The molecule has 3 aromatic rings. The average molecular weight is 412 g/mol. The third-order valence-corrected chi connectivity index (χ3v) is 6.42. The van der Waals surface area contributed by atoms with Crippen LogP contribution < -0.4 is 5.32 Å². The molecule has 4 rings (SSSR count). The van der Waals surface area contributed by atoms with Crippen LogP contribution in [0, 0.1) is 27.7 Å². The first kappa shape index (κ1) is 20.9. The molecule has 0 unspecified atom stereocenters. The smallest absolute Gasteiger partial charge is 0.407 e. The number of nitrogens with one attached hydrogen (secondary N) is 1. The molecule has 1 N–H and O–H groups in total. The Bertz CT molecular complexity index is 1090. The molecule has 0 spiro atoms. The molecule has 31 heavy (non-hydrogen) atoms. The summed E-state index contributed by atoms with van der Waals surface area (Å²) in [5, 5.41) is 2.84. The van der Waals surface area contributed by atoms with Crippen LogP contribution in [0.2, 0.25) is 0 Å². The Morgan fingerprint density at radius 3 is 2.03 bits per heavy atom. The summed E-state index contributed by atoms with van der Waals surface area (Å²) in [6, 6.07) is 18.9. The fourth-order valence-electron chi connectivity index (χ4n) is 4.47. The van der Waals surface area contributed by atoms with Gasteiger partial charge in [-0.1, -0.05) is 66.7 Å². The van der Waals surface area contributed by atoms with Crippen LogP contribution in [-0.2, 0) is 4.74 Å². The van der Waals surface area contributed by atoms with E-state index in [1.165, 1.54) is 50.1 Å². The van der Waals surface area contributed by atoms with Crippen molar-refractivity contribution >= 4 is 12.2 Å². The molecule has 0 atom stereocenters. The van der Waals surface area contributed by atoms with Gasteiger partial charge in [-0.25, -0.2) is 4.79 Å². The SMILES string of the molecule is Cc1cc(C)c(C)c(C=CCNC(=O)OCC2c3ccccc3-c3ccccc32)c1C. The van der Waals surface area contributed by atoms with Gasteiger partial charge in [0.05, 0.1) is 0 Å². The third-order valence-electron chi connectivity index (χ3n) is 6.42. The highest BCUT2D eigenvalue weighted by atomic mass is 16.5. The minimum atomic E-state index is -0.389. The minimum absolute atomic E-state index is 0.0780. The topological polar surface area (TPSA) is 38.3 Å². The molecule has 3 nitrogen and oxygen atoms in total. The first-order valence-corrected chi connectivity index (χ1v) is 10.8. The van der Waals surface area contributed by atoms with Crippen molar-refractivity contribution in [1.82, 2.24) is 5.32 Å². The lowest BCUT2D eigenvalue weighted by molar-refractivity contribution is 0.144. The second-order valence-corrected chi connectivity index (χ2v) is 8.28. The summed E-state index contributed by atoms with van der Waals surface area (Å²) in [5.74, 6) is 0.0780. The van der Waals surface area contributed by atoms with Crippen molar-refractivity contribution in [2.24, 2.45) is 0 Å². The molecule has 0 aromatic heterocycles. The van der Waals surface area contributed by atoms with Gasteiger partial charge in [-0.15, -0.1) is 0 Å². The van der Waals surface area contributed by atoms with Crippen LogP contribution in [0.25, 0.3) is 17.2 Å². The average Bonchev–Trinajstić information content (AvgIpc) is 3.09. The summed E-state index contributed by atoms with van der Waals surface area (Å²) in [6.45, 7) is 9.31. The van der Waals surface area contributed by atoms with Gasteiger partial charge in [0.25, 0.3) is 0 Å². The molecule has 0 heterocycles. The highest BCUT2D eigenvalue weighted by molar-refractivity contribution is 5.79. The Hall–Kier alpha value is -3.33. The maximum Gasteiger partial charge on any atom is 0.407 e. The fraction of sp³-hybridized carbons (Fsp3) is 0.250. The van der Waals surface area contributed by atoms with E-state index < -0.39 is 0 Å². The highest BCUT2D eigenvalue weighted by Gasteiger charge is 2.28. The Balaban J connectivity index is 1.36. The summed E-state index contributed by atoms with van der Waals surface area (Å²) < 4.78 is 5.59. The first-order chi connectivity index (χ1) is 15.0. The molecule has 0 radical (unpaired) electrons. The van der Waals surface area contributed by atoms with Gasteiger partial charge in [0, 0.05) is 12.5 Å². The molecule has 0 saturated carbocycles. The van der Waals surface area contributed by atoms with Gasteiger partial charge in [-0.3, -0.25) is 0 Å². The molecular weight excluding hydrogens is 382 g/mol. The lowest BCUT2D eigenvalue weighted by atomic mass is 9.94. The third kappa shape index (κ3) is 4.13. The van der Waals surface area contributed by atoms with Gasteiger partial charge in [0.1, 0.15) is 6.61 Å². The number of rotatable bonds is 5. The van der Waals surface area contributed by atoms with Gasteiger partial charge < -0.3 is 10.1 Å². The fourth-order valence-corrected chi connectivity index (χ4v) is 4.47. The van der Waals surface area contributed by atoms with E-state index in [9.17, 15) is 4.79 Å².